The predicted molar refractivity (Wildman–Crippen MR) is 60.8 cm³/mol. The van der Waals surface area contributed by atoms with E-state index in [-0.39, 0.29) is 0 Å². The van der Waals surface area contributed by atoms with Gasteiger partial charge in [-0.25, -0.2) is 4.98 Å². The molecule has 0 radical (unpaired) electrons. The summed E-state index contributed by atoms with van der Waals surface area (Å²) in [6.45, 7) is 3.48. The van der Waals surface area contributed by atoms with Crippen LogP contribution in [0.2, 0.25) is 0 Å². The Morgan fingerprint density at radius 1 is 1.36 bits per heavy atom. The number of hydrogen-bond donors (Lipinski definition) is 0. The molecule has 4 heteroatoms. The molecule has 78 valence electrons. The molecule has 0 unspecified atom stereocenters. The van der Waals surface area contributed by atoms with Gasteiger partial charge in [0.05, 0.1) is 18.1 Å². The molecule has 2 nitrogen and oxygen atoms in total. The van der Waals surface area contributed by atoms with Crippen LogP contribution in [-0.4, -0.2) is 23.0 Å². The molecule has 1 aliphatic rings. The SMILES string of the molecule is ClCc1csc(CN2CCCCC2)n1. The van der Waals surface area contributed by atoms with E-state index in [2.05, 4.69) is 15.3 Å². The summed E-state index contributed by atoms with van der Waals surface area (Å²) in [5.41, 5.74) is 1.02. The second kappa shape index (κ2) is 5.10. The molecular weight excluding hydrogens is 216 g/mol. The number of alkyl halides is 1. The lowest BCUT2D eigenvalue weighted by Crippen LogP contribution is -2.28. The molecule has 0 bridgehead atoms. The first-order chi connectivity index (χ1) is 6.88. The number of halogens is 1. The van der Waals surface area contributed by atoms with Gasteiger partial charge in [-0.05, 0) is 25.9 Å². The van der Waals surface area contributed by atoms with Crippen LogP contribution in [0.1, 0.15) is 30.0 Å². The molecule has 0 atom stereocenters. The van der Waals surface area contributed by atoms with Gasteiger partial charge in [-0.1, -0.05) is 6.42 Å². The molecule has 1 aromatic rings. The third-order valence-corrected chi connectivity index (χ3v) is 3.70. The average Bonchev–Trinajstić information content (AvgIpc) is 2.67. The van der Waals surface area contributed by atoms with Crippen LogP contribution < -0.4 is 0 Å². The molecule has 1 aromatic heterocycles. The molecule has 2 rings (SSSR count). The van der Waals surface area contributed by atoms with Crippen molar-refractivity contribution in [1.82, 2.24) is 9.88 Å². The third-order valence-electron chi connectivity index (χ3n) is 2.54. The van der Waals surface area contributed by atoms with Crippen LogP contribution in [0, 0.1) is 0 Å². The Labute approximate surface area is 93.9 Å². The van der Waals surface area contributed by atoms with Crippen LogP contribution in [-0.2, 0) is 12.4 Å². The lowest BCUT2D eigenvalue weighted by Gasteiger charge is -2.25. The Hall–Kier alpha value is -0.120. The lowest BCUT2D eigenvalue weighted by atomic mass is 10.1. The van der Waals surface area contributed by atoms with Crippen molar-refractivity contribution >= 4 is 22.9 Å². The summed E-state index contributed by atoms with van der Waals surface area (Å²) in [4.78, 5) is 6.95. The predicted octanol–water partition coefficient (Wildman–Crippen LogP) is 2.87. The van der Waals surface area contributed by atoms with E-state index in [1.807, 2.05) is 0 Å². The van der Waals surface area contributed by atoms with Gasteiger partial charge in [-0.15, -0.1) is 22.9 Å². The van der Waals surface area contributed by atoms with Gasteiger partial charge in [0.2, 0.25) is 0 Å². The monoisotopic (exact) mass is 230 g/mol. The van der Waals surface area contributed by atoms with Crippen molar-refractivity contribution in [3.05, 3.63) is 16.1 Å². The minimum atomic E-state index is 0.538. The summed E-state index contributed by atoms with van der Waals surface area (Å²) in [6.07, 6.45) is 4.07. The van der Waals surface area contributed by atoms with E-state index in [9.17, 15) is 0 Å². The van der Waals surface area contributed by atoms with Crippen LogP contribution in [0.15, 0.2) is 5.38 Å². The summed E-state index contributed by atoms with van der Waals surface area (Å²) >= 11 is 7.44. The highest BCUT2D eigenvalue weighted by molar-refractivity contribution is 7.09. The first kappa shape index (κ1) is 10.4. The fraction of sp³-hybridized carbons (Fsp3) is 0.700. The molecule has 0 amide bonds. The Balaban J connectivity index is 1.89. The fourth-order valence-electron chi connectivity index (χ4n) is 1.79. The average molecular weight is 231 g/mol. The van der Waals surface area contributed by atoms with Crippen molar-refractivity contribution in [2.24, 2.45) is 0 Å². The zero-order valence-corrected chi connectivity index (χ0v) is 9.78. The first-order valence-corrected chi connectivity index (χ1v) is 6.51. The maximum Gasteiger partial charge on any atom is 0.107 e. The lowest BCUT2D eigenvalue weighted by molar-refractivity contribution is 0.220. The standard InChI is InChI=1S/C10H15ClN2S/c11-6-9-8-14-10(12-9)7-13-4-2-1-3-5-13/h8H,1-7H2. The highest BCUT2D eigenvalue weighted by Crippen LogP contribution is 2.16. The van der Waals surface area contributed by atoms with E-state index < -0.39 is 0 Å². The smallest absolute Gasteiger partial charge is 0.107 e. The van der Waals surface area contributed by atoms with E-state index >= 15 is 0 Å². The van der Waals surface area contributed by atoms with E-state index in [4.69, 9.17) is 11.6 Å². The normalized spacial score (nSPS) is 18.6. The van der Waals surface area contributed by atoms with Gasteiger partial charge < -0.3 is 0 Å². The molecule has 2 heterocycles. The van der Waals surface area contributed by atoms with Crippen LogP contribution in [0.3, 0.4) is 0 Å². The van der Waals surface area contributed by atoms with E-state index in [0.29, 0.717) is 5.88 Å². The summed E-state index contributed by atoms with van der Waals surface area (Å²) in [7, 11) is 0. The van der Waals surface area contributed by atoms with Gasteiger partial charge >= 0.3 is 0 Å². The zero-order chi connectivity index (χ0) is 9.80. The molecule has 0 N–H and O–H groups in total. The topological polar surface area (TPSA) is 16.1 Å². The highest BCUT2D eigenvalue weighted by atomic mass is 35.5. The maximum absolute atomic E-state index is 5.71. The van der Waals surface area contributed by atoms with Crippen molar-refractivity contribution in [3.63, 3.8) is 0 Å². The summed E-state index contributed by atoms with van der Waals surface area (Å²) in [6, 6.07) is 0. The number of likely N-dealkylation sites (tertiary alicyclic amines) is 1. The van der Waals surface area contributed by atoms with Crippen LogP contribution in [0.4, 0.5) is 0 Å². The second-order valence-electron chi connectivity index (χ2n) is 3.70. The van der Waals surface area contributed by atoms with Gasteiger partial charge in [-0.2, -0.15) is 0 Å². The molecule has 0 saturated carbocycles. The fourth-order valence-corrected chi connectivity index (χ4v) is 2.86. The van der Waals surface area contributed by atoms with E-state index in [1.165, 1.54) is 37.4 Å². The Kier molecular flexibility index (Phi) is 3.79. The third kappa shape index (κ3) is 2.69. The van der Waals surface area contributed by atoms with Gasteiger partial charge in [0.15, 0.2) is 0 Å². The van der Waals surface area contributed by atoms with Crippen molar-refractivity contribution in [1.29, 1.82) is 0 Å². The molecule has 14 heavy (non-hydrogen) atoms. The minimum absolute atomic E-state index is 0.538. The number of nitrogens with zero attached hydrogens (tertiary/aromatic N) is 2. The van der Waals surface area contributed by atoms with Crippen LogP contribution in [0.25, 0.3) is 0 Å². The molecule has 1 fully saturated rings. The number of piperidine rings is 1. The molecular formula is C10H15ClN2S. The zero-order valence-electron chi connectivity index (χ0n) is 8.21. The molecule has 1 saturated heterocycles. The molecule has 0 aromatic carbocycles. The summed E-state index contributed by atoms with van der Waals surface area (Å²) in [5.74, 6) is 0.538. The van der Waals surface area contributed by atoms with Crippen LogP contribution in [0.5, 0.6) is 0 Å². The quantitative estimate of drug-likeness (QED) is 0.743. The molecule has 1 aliphatic heterocycles. The highest BCUT2D eigenvalue weighted by Gasteiger charge is 2.12. The van der Waals surface area contributed by atoms with E-state index in [1.54, 1.807) is 11.3 Å². The van der Waals surface area contributed by atoms with Crippen LogP contribution >= 0.6 is 22.9 Å². The Bertz CT molecular complexity index is 281. The number of thiazole rings is 1. The summed E-state index contributed by atoms with van der Waals surface area (Å²) in [5, 5.41) is 3.27. The molecule has 0 aliphatic carbocycles. The number of hydrogen-bond acceptors (Lipinski definition) is 3. The van der Waals surface area contributed by atoms with Crippen molar-refractivity contribution in [2.75, 3.05) is 13.1 Å². The van der Waals surface area contributed by atoms with Crippen molar-refractivity contribution in [2.45, 2.75) is 31.7 Å². The second-order valence-corrected chi connectivity index (χ2v) is 4.91. The minimum Gasteiger partial charge on any atom is -0.297 e. The number of rotatable bonds is 3. The Morgan fingerprint density at radius 2 is 2.14 bits per heavy atom. The maximum atomic E-state index is 5.71. The number of aromatic nitrogens is 1. The van der Waals surface area contributed by atoms with Gasteiger partial charge in [-0.3, -0.25) is 4.90 Å². The van der Waals surface area contributed by atoms with Gasteiger partial charge in [0.1, 0.15) is 5.01 Å². The van der Waals surface area contributed by atoms with Crippen molar-refractivity contribution in [3.8, 4) is 0 Å². The van der Waals surface area contributed by atoms with Crippen molar-refractivity contribution < 1.29 is 0 Å². The van der Waals surface area contributed by atoms with Gasteiger partial charge in [0.25, 0.3) is 0 Å². The van der Waals surface area contributed by atoms with E-state index in [0.717, 1.165) is 12.2 Å². The largest absolute Gasteiger partial charge is 0.297 e. The van der Waals surface area contributed by atoms with Gasteiger partial charge in [0, 0.05) is 5.38 Å². The Morgan fingerprint density at radius 3 is 2.79 bits per heavy atom. The summed E-state index contributed by atoms with van der Waals surface area (Å²) < 4.78 is 0. The first-order valence-electron chi connectivity index (χ1n) is 5.10. The molecule has 0 spiro atoms.